The smallest absolute Gasteiger partial charge is 0.0728 e. The standard InChI is InChI=1S/C24H35N5/c1-19-15-24-21(16-23(19)28-11-2-8-26-18-28)5-14-29(24)22-6-12-27(13-7-22)17-20-3-9-25-10-4-20/h2,5,11,14-16,20,22,25-26H,3-4,6-10,12-13,17-18H2,1H3. The van der Waals surface area contributed by atoms with E-state index in [1.807, 2.05) is 0 Å². The molecule has 156 valence electrons. The van der Waals surface area contributed by atoms with Gasteiger partial charge in [0.25, 0.3) is 0 Å². The van der Waals surface area contributed by atoms with Crippen molar-refractivity contribution >= 4 is 16.6 Å². The Kier molecular flexibility index (Phi) is 5.62. The summed E-state index contributed by atoms with van der Waals surface area (Å²) in [5, 5.41) is 8.28. The lowest BCUT2D eigenvalue weighted by atomic mass is 9.95. The molecule has 5 nitrogen and oxygen atoms in total. The van der Waals surface area contributed by atoms with Gasteiger partial charge in [0.05, 0.1) is 6.67 Å². The van der Waals surface area contributed by atoms with Crippen molar-refractivity contribution in [3.05, 3.63) is 42.2 Å². The molecule has 2 aromatic rings. The number of fused-ring (bicyclic) bond motifs is 1. The van der Waals surface area contributed by atoms with Crippen LogP contribution in [0.15, 0.2) is 36.7 Å². The first kappa shape index (κ1) is 19.2. The van der Waals surface area contributed by atoms with Gasteiger partial charge in [-0.05, 0) is 75.4 Å². The molecule has 3 aliphatic rings. The number of hydrogen-bond acceptors (Lipinski definition) is 4. The molecule has 0 saturated carbocycles. The molecule has 0 radical (unpaired) electrons. The summed E-state index contributed by atoms with van der Waals surface area (Å²) in [6.45, 7) is 10.3. The summed E-state index contributed by atoms with van der Waals surface area (Å²) in [7, 11) is 0. The molecule has 3 aliphatic heterocycles. The van der Waals surface area contributed by atoms with Crippen LogP contribution in [0.1, 0.15) is 37.3 Å². The van der Waals surface area contributed by atoms with Gasteiger partial charge in [0, 0.05) is 61.2 Å². The summed E-state index contributed by atoms with van der Waals surface area (Å²) in [6, 6.07) is 7.71. The predicted octanol–water partition coefficient (Wildman–Crippen LogP) is 3.47. The lowest BCUT2D eigenvalue weighted by Gasteiger charge is -2.36. The Balaban J connectivity index is 1.28. The van der Waals surface area contributed by atoms with Gasteiger partial charge in [0.15, 0.2) is 0 Å². The molecule has 5 heteroatoms. The molecular formula is C24H35N5. The first-order chi connectivity index (χ1) is 14.3. The van der Waals surface area contributed by atoms with E-state index in [1.165, 1.54) is 80.6 Å². The second-order valence-electron chi connectivity index (χ2n) is 9.11. The van der Waals surface area contributed by atoms with E-state index in [0.29, 0.717) is 6.04 Å². The van der Waals surface area contributed by atoms with Crippen molar-refractivity contribution in [2.75, 3.05) is 50.8 Å². The summed E-state index contributed by atoms with van der Waals surface area (Å²) in [6.07, 6.45) is 12.0. The van der Waals surface area contributed by atoms with Crippen LogP contribution in [-0.2, 0) is 0 Å². The Hall–Kier alpha value is -1.82. The summed E-state index contributed by atoms with van der Waals surface area (Å²) < 4.78 is 2.55. The fourth-order valence-electron chi connectivity index (χ4n) is 5.40. The third kappa shape index (κ3) is 4.09. The van der Waals surface area contributed by atoms with Gasteiger partial charge in [0.1, 0.15) is 0 Å². The van der Waals surface area contributed by atoms with Gasteiger partial charge in [-0.1, -0.05) is 6.08 Å². The van der Waals surface area contributed by atoms with Crippen molar-refractivity contribution < 1.29 is 0 Å². The van der Waals surface area contributed by atoms with E-state index >= 15 is 0 Å². The fraction of sp³-hybridized carbons (Fsp3) is 0.583. The second kappa shape index (κ2) is 8.50. The van der Waals surface area contributed by atoms with E-state index in [2.05, 4.69) is 68.6 Å². The van der Waals surface area contributed by atoms with Gasteiger partial charge in [-0.15, -0.1) is 0 Å². The highest BCUT2D eigenvalue weighted by Gasteiger charge is 2.24. The Labute approximate surface area is 174 Å². The van der Waals surface area contributed by atoms with E-state index in [4.69, 9.17) is 0 Å². The summed E-state index contributed by atoms with van der Waals surface area (Å²) in [5.41, 5.74) is 4.07. The van der Waals surface area contributed by atoms with Gasteiger partial charge < -0.3 is 19.7 Å². The van der Waals surface area contributed by atoms with E-state index < -0.39 is 0 Å². The first-order valence-electron chi connectivity index (χ1n) is 11.5. The van der Waals surface area contributed by atoms with Crippen molar-refractivity contribution in [2.45, 2.75) is 38.6 Å². The Morgan fingerprint density at radius 3 is 2.62 bits per heavy atom. The molecule has 0 bridgehead atoms. The number of anilines is 1. The van der Waals surface area contributed by atoms with Crippen LogP contribution in [0, 0.1) is 12.8 Å². The fourth-order valence-corrected chi connectivity index (χ4v) is 5.40. The van der Waals surface area contributed by atoms with Gasteiger partial charge in [-0.2, -0.15) is 0 Å². The average molecular weight is 394 g/mol. The van der Waals surface area contributed by atoms with Crippen LogP contribution in [0.25, 0.3) is 10.9 Å². The number of benzene rings is 1. The average Bonchev–Trinajstić information content (AvgIpc) is 3.18. The van der Waals surface area contributed by atoms with E-state index in [1.54, 1.807) is 0 Å². The maximum Gasteiger partial charge on any atom is 0.0728 e. The van der Waals surface area contributed by atoms with Crippen LogP contribution < -0.4 is 15.5 Å². The van der Waals surface area contributed by atoms with Crippen molar-refractivity contribution in [3.63, 3.8) is 0 Å². The van der Waals surface area contributed by atoms with E-state index in [9.17, 15) is 0 Å². The van der Waals surface area contributed by atoms with E-state index in [-0.39, 0.29) is 0 Å². The Bertz CT molecular complexity index is 856. The van der Waals surface area contributed by atoms with Crippen LogP contribution in [0.3, 0.4) is 0 Å². The number of piperidine rings is 2. The quantitative estimate of drug-likeness (QED) is 0.834. The SMILES string of the molecule is Cc1cc2c(ccn2C2CCN(CC3CCNCC3)CC2)cc1N1C=CCNC1. The molecular weight excluding hydrogens is 358 g/mol. The predicted molar refractivity (Wildman–Crippen MR) is 121 cm³/mol. The van der Waals surface area contributed by atoms with Crippen LogP contribution in [0.2, 0.25) is 0 Å². The Morgan fingerprint density at radius 2 is 1.86 bits per heavy atom. The van der Waals surface area contributed by atoms with Gasteiger partial charge in [-0.3, -0.25) is 5.32 Å². The van der Waals surface area contributed by atoms with Crippen molar-refractivity contribution in [2.24, 2.45) is 5.92 Å². The van der Waals surface area contributed by atoms with Crippen LogP contribution in [-0.4, -0.2) is 55.4 Å². The maximum absolute atomic E-state index is 3.49. The zero-order valence-electron chi connectivity index (χ0n) is 17.7. The molecule has 2 N–H and O–H groups in total. The summed E-state index contributed by atoms with van der Waals surface area (Å²) >= 11 is 0. The largest absolute Gasteiger partial charge is 0.344 e. The number of nitrogens with zero attached hydrogens (tertiary/aromatic N) is 3. The molecule has 1 aromatic heterocycles. The first-order valence-corrected chi connectivity index (χ1v) is 11.5. The lowest BCUT2D eigenvalue weighted by Crippen LogP contribution is -2.40. The molecule has 29 heavy (non-hydrogen) atoms. The maximum atomic E-state index is 3.49. The number of likely N-dealkylation sites (tertiary alicyclic amines) is 1. The topological polar surface area (TPSA) is 35.5 Å². The lowest BCUT2D eigenvalue weighted by molar-refractivity contribution is 0.152. The molecule has 0 atom stereocenters. The molecule has 2 saturated heterocycles. The second-order valence-corrected chi connectivity index (χ2v) is 9.11. The minimum absolute atomic E-state index is 0.638. The Morgan fingerprint density at radius 1 is 1.03 bits per heavy atom. The highest BCUT2D eigenvalue weighted by molar-refractivity contribution is 5.86. The summed E-state index contributed by atoms with van der Waals surface area (Å²) in [5.74, 6) is 0.902. The van der Waals surface area contributed by atoms with Gasteiger partial charge in [0.2, 0.25) is 0 Å². The van der Waals surface area contributed by atoms with Crippen LogP contribution in [0.5, 0.6) is 0 Å². The van der Waals surface area contributed by atoms with Gasteiger partial charge >= 0.3 is 0 Å². The van der Waals surface area contributed by atoms with Crippen molar-refractivity contribution in [1.29, 1.82) is 0 Å². The molecule has 2 fully saturated rings. The van der Waals surface area contributed by atoms with Crippen LogP contribution >= 0.6 is 0 Å². The molecule has 0 spiro atoms. The highest BCUT2D eigenvalue weighted by Crippen LogP contribution is 2.32. The van der Waals surface area contributed by atoms with Gasteiger partial charge in [-0.25, -0.2) is 0 Å². The molecule has 1 aromatic carbocycles. The number of nitrogens with one attached hydrogen (secondary N) is 2. The number of aryl methyl sites for hydroxylation is 1. The summed E-state index contributed by atoms with van der Waals surface area (Å²) in [4.78, 5) is 5.03. The molecule has 4 heterocycles. The molecule has 0 aliphatic carbocycles. The number of rotatable bonds is 4. The monoisotopic (exact) mass is 393 g/mol. The molecule has 0 unspecified atom stereocenters. The zero-order valence-corrected chi connectivity index (χ0v) is 17.7. The number of aromatic nitrogens is 1. The van der Waals surface area contributed by atoms with Crippen molar-refractivity contribution in [1.82, 2.24) is 20.1 Å². The third-order valence-electron chi connectivity index (χ3n) is 7.10. The minimum Gasteiger partial charge on any atom is -0.344 e. The van der Waals surface area contributed by atoms with Crippen molar-refractivity contribution in [3.8, 4) is 0 Å². The van der Waals surface area contributed by atoms with Crippen LogP contribution in [0.4, 0.5) is 5.69 Å². The highest BCUT2D eigenvalue weighted by atomic mass is 15.2. The minimum atomic E-state index is 0.638. The number of hydrogen-bond donors (Lipinski definition) is 2. The van der Waals surface area contributed by atoms with E-state index in [0.717, 1.165) is 19.1 Å². The normalized spacial score (nSPS) is 22.6. The zero-order chi connectivity index (χ0) is 19.6. The molecule has 0 amide bonds. The third-order valence-corrected chi connectivity index (χ3v) is 7.10. The molecule has 5 rings (SSSR count).